The van der Waals surface area contributed by atoms with Gasteiger partial charge < -0.3 is 25.3 Å². The quantitative estimate of drug-likeness (QED) is 0.295. The monoisotopic (exact) mass is 545 g/mol. The molecule has 1 aromatic carbocycles. The van der Waals surface area contributed by atoms with Crippen LogP contribution in [0.25, 0.3) is 0 Å². The third-order valence-electron chi connectivity index (χ3n) is 6.67. The van der Waals surface area contributed by atoms with Gasteiger partial charge in [0, 0.05) is 50.5 Å². The van der Waals surface area contributed by atoms with Crippen molar-refractivity contribution in [3.8, 4) is 0 Å². The number of carbonyl (C=O) groups excluding carboxylic acids is 2. The number of hydrogen-bond acceptors (Lipinski definition) is 7. The highest BCUT2D eigenvalue weighted by atomic mass is 35.5. The van der Waals surface area contributed by atoms with Gasteiger partial charge in [-0.05, 0) is 57.5 Å². The lowest BCUT2D eigenvalue weighted by Crippen LogP contribution is -2.55. The van der Waals surface area contributed by atoms with E-state index in [0.717, 1.165) is 30.9 Å². The van der Waals surface area contributed by atoms with Crippen LogP contribution in [0.4, 0.5) is 16.3 Å². The van der Waals surface area contributed by atoms with Gasteiger partial charge in [0.15, 0.2) is 5.16 Å². The molecule has 2 aromatic rings. The molecular weight excluding hydrogens is 510 g/mol. The lowest BCUT2D eigenvalue weighted by atomic mass is 10.1. The smallest absolute Gasteiger partial charge is 0.322 e. The summed E-state index contributed by atoms with van der Waals surface area (Å²) < 4.78 is 0. The number of nitrogens with zero attached hydrogens (tertiary/aromatic N) is 5. The molecule has 2 aliphatic heterocycles. The molecule has 37 heavy (non-hydrogen) atoms. The Morgan fingerprint density at radius 2 is 1.92 bits per heavy atom. The Hall–Kier alpha value is -2.56. The van der Waals surface area contributed by atoms with Gasteiger partial charge in [0.25, 0.3) is 0 Å². The molecule has 11 heteroatoms. The number of halogens is 1. The van der Waals surface area contributed by atoms with Crippen LogP contribution >= 0.6 is 23.4 Å². The molecule has 2 N–H and O–H groups in total. The minimum absolute atomic E-state index is 0.0194. The third kappa shape index (κ3) is 8.21. The molecule has 2 saturated heterocycles. The van der Waals surface area contributed by atoms with E-state index in [9.17, 15) is 9.59 Å². The van der Waals surface area contributed by atoms with E-state index in [0.29, 0.717) is 42.3 Å². The molecule has 0 bridgehead atoms. The molecule has 0 radical (unpaired) electrons. The van der Waals surface area contributed by atoms with Crippen molar-refractivity contribution in [1.82, 2.24) is 25.1 Å². The normalized spacial score (nSPS) is 18.5. The molecule has 1 aromatic heterocycles. The van der Waals surface area contributed by atoms with E-state index in [1.807, 2.05) is 43.0 Å². The van der Waals surface area contributed by atoms with Crippen LogP contribution < -0.4 is 15.5 Å². The number of urea groups is 1. The Kier molecular flexibility index (Phi) is 9.88. The maximum absolute atomic E-state index is 12.9. The molecule has 1 atom stereocenters. The number of benzene rings is 1. The number of amides is 3. The van der Waals surface area contributed by atoms with E-state index >= 15 is 0 Å². The number of anilines is 2. The lowest BCUT2D eigenvalue weighted by molar-refractivity contribution is -0.118. The summed E-state index contributed by atoms with van der Waals surface area (Å²) in [5.41, 5.74) is 1.89. The van der Waals surface area contributed by atoms with E-state index in [1.165, 1.54) is 31.0 Å². The molecule has 0 aliphatic carbocycles. The fourth-order valence-corrected chi connectivity index (χ4v) is 5.63. The van der Waals surface area contributed by atoms with Gasteiger partial charge in [-0.25, -0.2) is 14.8 Å². The summed E-state index contributed by atoms with van der Waals surface area (Å²) in [6.07, 6.45) is 3.79. The summed E-state index contributed by atoms with van der Waals surface area (Å²) in [6.45, 7) is 9.61. The van der Waals surface area contributed by atoms with Crippen LogP contribution in [0.1, 0.15) is 31.7 Å². The molecule has 2 fully saturated rings. The van der Waals surface area contributed by atoms with Crippen LogP contribution in [-0.4, -0.2) is 89.3 Å². The van der Waals surface area contributed by atoms with Crippen LogP contribution in [-0.2, 0) is 4.79 Å². The van der Waals surface area contributed by atoms with Crippen molar-refractivity contribution in [2.24, 2.45) is 0 Å². The number of aromatic nitrogens is 2. The summed E-state index contributed by atoms with van der Waals surface area (Å²) in [5.74, 6) is 0.913. The molecule has 2 aliphatic rings. The SMILES string of the molecule is Cc1cccc(NC(=O)N2CCN(c3cc(Cl)nc(SCC(=O)NCCN4CCCCC4)n3)C[C@@H]2C)c1. The highest BCUT2D eigenvalue weighted by Crippen LogP contribution is 2.24. The highest BCUT2D eigenvalue weighted by Gasteiger charge is 2.28. The Morgan fingerprint density at radius 3 is 2.68 bits per heavy atom. The number of carbonyl (C=O) groups is 2. The van der Waals surface area contributed by atoms with Crippen LogP contribution in [0.3, 0.4) is 0 Å². The molecule has 0 spiro atoms. The van der Waals surface area contributed by atoms with Crippen molar-refractivity contribution in [3.63, 3.8) is 0 Å². The minimum Gasteiger partial charge on any atom is -0.354 e. The minimum atomic E-state index is -0.110. The fraction of sp³-hybridized carbons (Fsp3) is 0.538. The van der Waals surface area contributed by atoms with Crippen LogP contribution in [0.5, 0.6) is 0 Å². The number of piperazine rings is 1. The third-order valence-corrected chi connectivity index (χ3v) is 7.71. The van der Waals surface area contributed by atoms with Gasteiger partial charge in [-0.15, -0.1) is 0 Å². The first-order valence-corrected chi connectivity index (χ1v) is 14.3. The summed E-state index contributed by atoms with van der Waals surface area (Å²) in [4.78, 5) is 40.5. The molecule has 0 unspecified atom stereocenters. The largest absolute Gasteiger partial charge is 0.354 e. The van der Waals surface area contributed by atoms with Crippen molar-refractivity contribution in [2.75, 3.05) is 61.8 Å². The van der Waals surface area contributed by atoms with Gasteiger partial charge in [0.05, 0.1) is 5.75 Å². The van der Waals surface area contributed by atoms with Gasteiger partial charge in [0.1, 0.15) is 11.0 Å². The first-order chi connectivity index (χ1) is 17.9. The number of hydrogen-bond donors (Lipinski definition) is 2. The predicted molar refractivity (Wildman–Crippen MR) is 150 cm³/mol. The zero-order chi connectivity index (χ0) is 26.2. The number of aryl methyl sites for hydroxylation is 1. The lowest BCUT2D eigenvalue weighted by Gasteiger charge is -2.40. The number of rotatable bonds is 8. The average Bonchev–Trinajstić information content (AvgIpc) is 2.87. The van der Waals surface area contributed by atoms with Crippen molar-refractivity contribution < 1.29 is 9.59 Å². The standard InChI is InChI=1S/C26H36ClN7O2S/c1-19-7-6-8-21(15-19)29-26(36)34-14-13-33(17-20(34)2)23-16-22(27)30-25(31-23)37-18-24(35)28-9-12-32-10-4-3-5-11-32/h6-8,15-16,20H,3-5,9-14,17-18H2,1-2H3,(H,28,35)(H,29,36)/t20-/m0/s1. The van der Waals surface area contributed by atoms with Crippen molar-refractivity contribution in [1.29, 1.82) is 0 Å². The Balaban J connectivity index is 1.26. The number of likely N-dealkylation sites (tertiary alicyclic amines) is 1. The maximum atomic E-state index is 12.9. The second-order valence-corrected chi connectivity index (χ2v) is 11.0. The molecular formula is C26H36ClN7O2S. The molecule has 3 amide bonds. The maximum Gasteiger partial charge on any atom is 0.322 e. The zero-order valence-electron chi connectivity index (χ0n) is 21.6. The second kappa shape index (κ2) is 13.3. The van der Waals surface area contributed by atoms with Gasteiger partial charge in [-0.2, -0.15) is 0 Å². The van der Waals surface area contributed by atoms with E-state index in [2.05, 4.69) is 30.4 Å². The molecule has 3 heterocycles. The van der Waals surface area contributed by atoms with Gasteiger partial charge in [-0.3, -0.25) is 4.79 Å². The average molecular weight is 546 g/mol. The molecule has 9 nitrogen and oxygen atoms in total. The topological polar surface area (TPSA) is 93.7 Å². The number of thioether (sulfide) groups is 1. The first-order valence-electron chi connectivity index (χ1n) is 12.9. The van der Waals surface area contributed by atoms with E-state index in [-0.39, 0.29) is 23.7 Å². The molecule has 200 valence electrons. The predicted octanol–water partition coefficient (Wildman–Crippen LogP) is 3.88. The van der Waals surface area contributed by atoms with Gasteiger partial charge in [-0.1, -0.05) is 41.9 Å². The van der Waals surface area contributed by atoms with E-state index in [4.69, 9.17) is 11.6 Å². The van der Waals surface area contributed by atoms with Crippen molar-refractivity contribution in [3.05, 3.63) is 41.0 Å². The Labute approximate surface area is 228 Å². The van der Waals surface area contributed by atoms with Gasteiger partial charge >= 0.3 is 6.03 Å². The van der Waals surface area contributed by atoms with Crippen molar-refractivity contribution in [2.45, 2.75) is 44.3 Å². The van der Waals surface area contributed by atoms with Crippen molar-refractivity contribution >= 4 is 46.8 Å². The van der Waals surface area contributed by atoms with Crippen LogP contribution in [0.2, 0.25) is 5.15 Å². The Bertz CT molecular complexity index is 1080. The number of piperidine rings is 1. The van der Waals surface area contributed by atoms with Gasteiger partial charge in [0.2, 0.25) is 5.91 Å². The fourth-order valence-electron chi connectivity index (χ4n) is 4.72. The summed E-state index contributed by atoms with van der Waals surface area (Å²) >= 11 is 7.58. The van der Waals surface area contributed by atoms with Crippen LogP contribution in [0.15, 0.2) is 35.5 Å². The van der Waals surface area contributed by atoms with E-state index < -0.39 is 0 Å². The van der Waals surface area contributed by atoms with E-state index in [1.54, 1.807) is 6.07 Å². The first kappa shape index (κ1) is 27.5. The molecule has 4 rings (SSSR count). The Morgan fingerprint density at radius 1 is 1.11 bits per heavy atom. The number of nitrogens with one attached hydrogen (secondary N) is 2. The highest BCUT2D eigenvalue weighted by molar-refractivity contribution is 7.99. The second-order valence-electron chi connectivity index (χ2n) is 9.66. The summed E-state index contributed by atoms with van der Waals surface area (Å²) in [6, 6.07) is 9.38. The summed E-state index contributed by atoms with van der Waals surface area (Å²) in [7, 11) is 0. The van der Waals surface area contributed by atoms with Crippen LogP contribution in [0, 0.1) is 6.92 Å². The molecule has 0 saturated carbocycles. The zero-order valence-corrected chi connectivity index (χ0v) is 23.2. The summed E-state index contributed by atoms with van der Waals surface area (Å²) in [5, 5.41) is 6.80.